The van der Waals surface area contributed by atoms with Gasteiger partial charge >= 0.3 is 5.97 Å². The molecule has 0 aliphatic heterocycles. The molecule has 0 radical (unpaired) electrons. The van der Waals surface area contributed by atoms with E-state index in [0.29, 0.717) is 5.69 Å². The van der Waals surface area contributed by atoms with Gasteiger partial charge in [-0.15, -0.1) is 0 Å². The van der Waals surface area contributed by atoms with Crippen molar-refractivity contribution in [2.75, 3.05) is 5.73 Å². The van der Waals surface area contributed by atoms with Crippen molar-refractivity contribution in [1.29, 1.82) is 0 Å². The molecule has 0 saturated carbocycles. The van der Waals surface area contributed by atoms with Crippen LogP contribution in [0.2, 0.25) is 0 Å². The monoisotopic (exact) mass is 291 g/mol. The average Bonchev–Trinajstić information content (AvgIpc) is 2.40. The molecule has 0 amide bonds. The van der Waals surface area contributed by atoms with Crippen molar-refractivity contribution >= 4 is 11.7 Å². The summed E-state index contributed by atoms with van der Waals surface area (Å²) in [5, 5.41) is 9.65. The number of anilines is 1. The van der Waals surface area contributed by atoms with Crippen LogP contribution in [0.25, 0.3) is 0 Å². The van der Waals surface area contributed by atoms with E-state index in [1.54, 1.807) is 0 Å². The maximum absolute atomic E-state index is 11.7. The number of aryl methyl sites for hydroxylation is 2. The molecule has 3 N–H and O–H groups in total. The van der Waals surface area contributed by atoms with Crippen LogP contribution in [0, 0.1) is 19.8 Å². The summed E-state index contributed by atoms with van der Waals surface area (Å²) in [7, 11) is 0. The molecular weight excluding hydrogens is 262 g/mol. The Balaban J connectivity index is 2.94. The Morgan fingerprint density at radius 1 is 1.24 bits per heavy atom. The number of hydrogen-bond acceptors (Lipinski definition) is 2. The summed E-state index contributed by atoms with van der Waals surface area (Å²) in [4.78, 5) is 11.7. The van der Waals surface area contributed by atoms with Gasteiger partial charge in [0.1, 0.15) is 0 Å². The van der Waals surface area contributed by atoms with E-state index in [-0.39, 0.29) is 5.92 Å². The summed E-state index contributed by atoms with van der Waals surface area (Å²) in [6, 6.07) is 3.94. The highest BCUT2D eigenvalue weighted by Gasteiger charge is 2.28. The van der Waals surface area contributed by atoms with Crippen molar-refractivity contribution in [3.63, 3.8) is 0 Å². The summed E-state index contributed by atoms with van der Waals surface area (Å²) >= 11 is 0. The largest absolute Gasteiger partial charge is 0.481 e. The fourth-order valence-electron chi connectivity index (χ4n) is 3.01. The highest BCUT2D eigenvalue weighted by Crippen LogP contribution is 2.34. The molecule has 1 rings (SSSR count). The van der Waals surface area contributed by atoms with E-state index in [9.17, 15) is 9.90 Å². The minimum absolute atomic E-state index is 0.0999. The van der Waals surface area contributed by atoms with Crippen molar-refractivity contribution in [2.24, 2.45) is 5.92 Å². The van der Waals surface area contributed by atoms with Crippen molar-refractivity contribution < 1.29 is 9.90 Å². The van der Waals surface area contributed by atoms with E-state index < -0.39 is 11.9 Å². The lowest BCUT2D eigenvalue weighted by Crippen LogP contribution is -2.21. The van der Waals surface area contributed by atoms with Gasteiger partial charge < -0.3 is 10.8 Å². The molecule has 2 unspecified atom stereocenters. The minimum atomic E-state index is -0.769. The highest BCUT2D eigenvalue weighted by molar-refractivity contribution is 5.79. The van der Waals surface area contributed by atoms with Crippen LogP contribution >= 0.6 is 0 Å². The predicted octanol–water partition coefficient (Wildman–Crippen LogP) is 4.66. The number of hydrogen-bond donors (Lipinski definition) is 2. The lowest BCUT2D eigenvalue weighted by molar-refractivity contribution is -0.140. The molecule has 0 fully saturated rings. The lowest BCUT2D eigenvalue weighted by Gasteiger charge is -2.23. The lowest BCUT2D eigenvalue weighted by atomic mass is 9.82. The first-order valence-corrected chi connectivity index (χ1v) is 7.97. The normalized spacial score (nSPS) is 13.9. The first-order valence-electron chi connectivity index (χ1n) is 7.97. The van der Waals surface area contributed by atoms with Crippen LogP contribution in [0.4, 0.5) is 5.69 Å². The third-order valence-corrected chi connectivity index (χ3v) is 4.25. The van der Waals surface area contributed by atoms with Crippen LogP contribution in [-0.2, 0) is 4.79 Å². The fourth-order valence-corrected chi connectivity index (χ4v) is 3.01. The number of unbranched alkanes of at least 4 members (excludes halogenated alkanes) is 3. The van der Waals surface area contributed by atoms with Crippen molar-refractivity contribution in [1.82, 2.24) is 0 Å². The Bertz CT molecular complexity index is 482. The molecule has 0 aliphatic carbocycles. The third kappa shape index (κ3) is 4.76. The zero-order chi connectivity index (χ0) is 16.0. The van der Waals surface area contributed by atoms with Gasteiger partial charge in [0.15, 0.2) is 0 Å². The van der Waals surface area contributed by atoms with Crippen LogP contribution in [0.15, 0.2) is 12.1 Å². The fraction of sp³-hybridized carbons (Fsp3) is 0.611. The van der Waals surface area contributed by atoms with Gasteiger partial charge in [0.25, 0.3) is 0 Å². The van der Waals surface area contributed by atoms with E-state index in [1.807, 2.05) is 32.9 Å². The number of aliphatic carboxylic acids is 1. The number of carboxylic acids is 1. The molecule has 3 heteroatoms. The molecule has 1 aromatic rings. The number of rotatable bonds is 8. The first-order chi connectivity index (χ1) is 9.88. The molecule has 0 bridgehead atoms. The summed E-state index contributed by atoms with van der Waals surface area (Å²) in [6.45, 7) is 8.14. The zero-order valence-electron chi connectivity index (χ0n) is 13.8. The second kappa shape index (κ2) is 8.06. The third-order valence-electron chi connectivity index (χ3n) is 4.25. The van der Waals surface area contributed by atoms with Crippen molar-refractivity contribution in [3.8, 4) is 0 Å². The summed E-state index contributed by atoms with van der Waals surface area (Å²) in [5.41, 5.74) is 9.59. The Kier molecular flexibility index (Phi) is 6.73. The van der Waals surface area contributed by atoms with Gasteiger partial charge in [0, 0.05) is 5.69 Å². The minimum Gasteiger partial charge on any atom is -0.481 e. The molecular formula is C18H29NO2. The molecule has 3 nitrogen and oxygen atoms in total. The molecule has 0 spiro atoms. The number of carbonyl (C=O) groups is 1. The first kappa shape index (κ1) is 17.5. The average molecular weight is 291 g/mol. The van der Waals surface area contributed by atoms with Crippen LogP contribution in [0.5, 0.6) is 0 Å². The van der Waals surface area contributed by atoms with Gasteiger partial charge in [0.05, 0.1) is 5.92 Å². The molecule has 21 heavy (non-hydrogen) atoms. The number of nitrogens with two attached hydrogens (primary N) is 1. The van der Waals surface area contributed by atoms with E-state index in [0.717, 1.165) is 29.5 Å². The second-order valence-electron chi connectivity index (χ2n) is 6.23. The van der Waals surface area contributed by atoms with Crippen LogP contribution in [-0.4, -0.2) is 11.1 Å². The maximum atomic E-state index is 11.7. The van der Waals surface area contributed by atoms with E-state index >= 15 is 0 Å². The Labute approximate surface area is 128 Å². The number of nitrogen functional groups attached to an aromatic ring is 1. The Hall–Kier alpha value is -1.51. The van der Waals surface area contributed by atoms with Crippen LogP contribution < -0.4 is 5.73 Å². The second-order valence-corrected chi connectivity index (χ2v) is 6.23. The van der Waals surface area contributed by atoms with E-state index in [1.165, 1.54) is 19.3 Å². The van der Waals surface area contributed by atoms with E-state index in [4.69, 9.17) is 5.73 Å². The molecule has 118 valence electrons. The van der Waals surface area contributed by atoms with Gasteiger partial charge in [-0.3, -0.25) is 4.79 Å². The van der Waals surface area contributed by atoms with Gasteiger partial charge in [0.2, 0.25) is 0 Å². The zero-order valence-corrected chi connectivity index (χ0v) is 13.8. The van der Waals surface area contributed by atoms with Gasteiger partial charge in [-0.1, -0.05) is 57.2 Å². The topological polar surface area (TPSA) is 63.3 Å². The van der Waals surface area contributed by atoms with Crippen molar-refractivity contribution in [3.05, 3.63) is 28.8 Å². The molecule has 1 aromatic carbocycles. The van der Waals surface area contributed by atoms with E-state index in [2.05, 4.69) is 6.92 Å². The summed E-state index contributed by atoms with van der Waals surface area (Å²) in [5.74, 6) is -1.18. The summed E-state index contributed by atoms with van der Waals surface area (Å²) in [6.07, 6.45) is 5.61. The molecule has 0 aliphatic rings. The molecule has 0 saturated heterocycles. The predicted molar refractivity (Wildman–Crippen MR) is 88.6 cm³/mol. The van der Waals surface area contributed by atoms with Crippen LogP contribution in [0.1, 0.15) is 68.6 Å². The Morgan fingerprint density at radius 2 is 1.90 bits per heavy atom. The van der Waals surface area contributed by atoms with Gasteiger partial charge in [-0.05, 0) is 37.3 Å². The molecule has 2 atom stereocenters. The summed E-state index contributed by atoms with van der Waals surface area (Å²) < 4.78 is 0. The molecule has 0 aromatic heterocycles. The van der Waals surface area contributed by atoms with Crippen molar-refractivity contribution in [2.45, 2.75) is 65.7 Å². The maximum Gasteiger partial charge on any atom is 0.311 e. The van der Waals surface area contributed by atoms with Gasteiger partial charge in [-0.2, -0.15) is 0 Å². The van der Waals surface area contributed by atoms with Gasteiger partial charge in [-0.25, -0.2) is 0 Å². The highest BCUT2D eigenvalue weighted by atomic mass is 16.4. The quantitative estimate of drug-likeness (QED) is 0.541. The molecule has 0 heterocycles. The number of benzene rings is 1. The van der Waals surface area contributed by atoms with Crippen LogP contribution in [0.3, 0.4) is 0 Å². The Morgan fingerprint density at radius 3 is 2.48 bits per heavy atom. The smallest absolute Gasteiger partial charge is 0.311 e. The SMILES string of the molecule is CCCCCCC(C)C(C(=O)O)c1cc(C)cc(C)c1N. The standard InChI is InChI=1S/C18H29NO2/c1-5-6-7-8-9-13(3)16(18(20)21)15-11-12(2)10-14(4)17(15)19/h10-11,13,16H,5-9,19H2,1-4H3,(H,20,21). The number of carboxylic acid groups (broad SMARTS) is 1.